The molecule has 0 bridgehead atoms. The normalized spacial score (nSPS) is 15.7. The number of rotatable bonds is 7. The largest absolute Gasteiger partial charge is 0.459 e. The molecule has 1 aliphatic heterocycles. The molecule has 30 heavy (non-hydrogen) atoms. The van der Waals surface area contributed by atoms with E-state index >= 15 is 0 Å². The molecule has 2 aromatic rings. The van der Waals surface area contributed by atoms with E-state index in [1.807, 2.05) is 0 Å². The van der Waals surface area contributed by atoms with Crippen molar-refractivity contribution in [3.8, 4) is 11.5 Å². The van der Waals surface area contributed by atoms with E-state index in [1.165, 1.54) is 12.3 Å². The number of amides is 2. The zero-order valence-corrected chi connectivity index (χ0v) is 16.3. The van der Waals surface area contributed by atoms with Gasteiger partial charge in [-0.15, -0.1) is 0 Å². The van der Waals surface area contributed by atoms with E-state index in [0.717, 1.165) is 25.7 Å². The number of anilines is 1. The predicted molar refractivity (Wildman–Crippen MR) is 104 cm³/mol. The molecule has 2 N–H and O–H groups in total. The summed E-state index contributed by atoms with van der Waals surface area (Å²) in [7, 11) is 0. The molecule has 1 fully saturated rings. The van der Waals surface area contributed by atoms with Gasteiger partial charge in [-0.1, -0.05) is 0 Å². The van der Waals surface area contributed by atoms with E-state index < -0.39 is 30.2 Å². The molecule has 9 heteroatoms. The highest BCUT2D eigenvalue weighted by atomic mass is 16.7. The summed E-state index contributed by atoms with van der Waals surface area (Å²) in [5, 5.41) is 5.19. The number of benzene rings is 1. The van der Waals surface area contributed by atoms with E-state index in [4.69, 9.17) is 18.6 Å². The molecule has 1 aromatic heterocycles. The minimum Gasteiger partial charge on any atom is -0.459 e. The molecule has 2 amide bonds. The van der Waals surface area contributed by atoms with Gasteiger partial charge in [-0.3, -0.25) is 14.4 Å². The van der Waals surface area contributed by atoms with Gasteiger partial charge < -0.3 is 29.3 Å². The van der Waals surface area contributed by atoms with E-state index in [0.29, 0.717) is 17.2 Å². The number of furan rings is 1. The van der Waals surface area contributed by atoms with Gasteiger partial charge in [0.15, 0.2) is 23.9 Å². The van der Waals surface area contributed by atoms with Crippen molar-refractivity contribution in [2.24, 2.45) is 0 Å². The van der Waals surface area contributed by atoms with Crippen LogP contribution in [0.15, 0.2) is 41.0 Å². The van der Waals surface area contributed by atoms with E-state index in [-0.39, 0.29) is 18.7 Å². The predicted octanol–water partition coefficient (Wildman–Crippen LogP) is 2.62. The lowest BCUT2D eigenvalue weighted by Crippen LogP contribution is -2.34. The van der Waals surface area contributed by atoms with Gasteiger partial charge in [0.1, 0.15) is 0 Å². The highest BCUT2D eigenvalue weighted by molar-refractivity contribution is 5.93. The summed E-state index contributed by atoms with van der Waals surface area (Å²) in [5.41, 5.74) is 0.527. The maximum atomic E-state index is 12.1. The quantitative estimate of drug-likeness (QED) is 0.669. The second-order valence-electron chi connectivity index (χ2n) is 7.18. The van der Waals surface area contributed by atoms with Crippen molar-refractivity contribution >= 4 is 23.5 Å². The smallest absolute Gasteiger partial charge is 0.308 e. The maximum Gasteiger partial charge on any atom is 0.308 e. The molecule has 1 aromatic carbocycles. The molecule has 0 unspecified atom stereocenters. The summed E-state index contributed by atoms with van der Waals surface area (Å²) in [5.74, 6) is -0.640. The third-order valence-electron chi connectivity index (χ3n) is 4.91. The second-order valence-corrected chi connectivity index (χ2v) is 7.18. The van der Waals surface area contributed by atoms with Crippen LogP contribution < -0.4 is 20.1 Å². The summed E-state index contributed by atoms with van der Waals surface area (Å²) in [6.45, 7) is -0.354. The number of fused-ring (bicyclic) bond motifs is 1. The van der Waals surface area contributed by atoms with E-state index in [9.17, 15) is 14.4 Å². The first-order chi connectivity index (χ1) is 14.5. The first-order valence-electron chi connectivity index (χ1n) is 9.82. The summed E-state index contributed by atoms with van der Waals surface area (Å²) in [6.07, 6.45) is 5.15. The zero-order valence-electron chi connectivity index (χ0n) is 16.3. The molecule has 4 rings (SSSR count). The van der Waals surface area contributed by atoms with Crippen LogP contribution in [0.2, 0.25) is 0 Å². The fourth-order valence-corrected chi connectivity index (χ4v) is 3.48. The van der Waals surface area contributed by atoms with Crippen molar-refractivity contribution in [1.82, 2.24) is 5.32 Å². The highest BCUT2D eigenvalue weighted by Gasteiger charge is 2.44. The Labute approximate surface area is 172 Å². The molecule has 158 valence electrons. The SMILES string of the molecule is O=C(COC(=O)CCNC(=O)c1ccco1)Nc1ccc2c(c1)OC1(CCCC1)O2. The molecule has 0 saturated heterocycles. The molecular weight excluding hydrogens is 392 g/mol. The number of carbonyl (C=O) groups excluding carboxylic acids is 3. The van der Waals surface area contributed by atoms with Gasteiger partial charge in [0.25, 0.3) is 17.6 Å². The van der Waals surface area contributed by atoms with Gasteiger partial charge in [0.05, 0.1) is 12.7 Å². The van der Waals surface area contributed by atoms with Crippen LogP contribution in [0.3, 0.4) is 0 Å². The number of esters is 1. The lowest BCUT2D eigenvalue weighted by Gasteiger charge is -2.21. The Morgan fingerprint density at radius 2 is 1.87 bits per heavy atom. The van der Waals surface area contributed by atoms with Crippen molar-refractivity contribution in [3.63, 3.8) is 0 Å². The average molecular weight is 414 g/mol. The summed E-state index contributed by atoms with van der Waals surface area (Å²) < 4.78 is 21.8. The van der Waals surface area contributed by atoms with E-state index in [2.05, 4.69) is 10.6 Å². The van der Waals surface area contributed by atoms with E-state index in [1.54, 1.807) is 24.3 Å². The van der Waals surface area contributed by atoms with Crippen LogP contribution in [-0.4, -0.2) is 36.7 Å². The average Bonchev–Trinajstić information content (AvgIpc) is 3.47. The zero-order chi connectivity index (χ0) is 21.0. The molecule has 2 heterocycles. The standard InChI is InChI=1S/C21H22N2O7/c24-18(13-28-19(25)7-10-22-20(26)16-4-3-11-27-16)23-14-5-6-15-17(12-14)30-21(29-15)8-1-2-9-21/h3-6,11-12H,1-2,7-10,13H2,(H,22,26)(H,23,24). The van der Waals surface area contributed by atoms with Crippen LogP contribution in [0.1, 0.15) is 42.7 Å². The first kappa shape index (κ1) is 19.8. The third kappa shape index (κ3) is 4.56. The van der Waals surface area contributed by atoms with Crippen LogP contribution in [0, 0.1) is 0 Å². The summed E-state index contributed by atoms with van der Waals surface area (Å²) in [6, 6.07) is 8.27. The topological polar surface area (TPSA) is 116 Å². The van der Waals surface area contributed by atoms with Crippen molar-refractivity contribution in [3.05, 3.63) is 42.4 Å². The Morgan fingerprint density at radius 3 is 2.63 bits per heavy atom. The number of ether oxygens (including phenoxy) is 3. The minimum atomic E-state index is -0.598. The second kappa shape index (κ2) is 8.48. The highest BCUT2D eigenvalue weighted by Crippen LogP contribution is 2.47. The van der Waals surface area contributed by atoms with Gasteiger partial charge in [0.2, 0.25) is 0 Å². The number of hydrogen-bond acceptors (Lipinski definition) is 7. The van der Waals surface area contributed by atoms with Crippen LogP contribution in [0.5, 0.6) is 11.5 Å². The van der Waals surface area contributed by atoms with Gasteiger partial charge in [0, 0.05) is 31.1 Å². The number of hydrogen-bond donors (Lipinski definition) is 2. The molecule has 0 radical (unpaired) electrons. The molecule has 1 aliphatic carbocycles. The maximum absolute atomic E-state index is 12.1. The molecule has 1 spiro atoms. The Bertz CT molecular complexity index is 933. The van der Waals surface area contributed by atoms with Gasteiger partial charge in [-0.25, -0.2) is 0 Å². The number of carbonyl (C=O) groups is 3. The van der Waals surface area contributed by atoms with Crippen molar-refractivity contribution in [1.29, 1.82) is 0 Å². The van der Waals surface area contributed by atoms with Crippen LogP contribution >= 0.6 is 0 Å². The lowest BCUT2D eigenvalue weighted by atomic mass is 10.2. The van der Waals surface area contributed by atoms with Crippen molar-refractivity contribution < 1.29 is 33.0 Å². The molecule has 9 nitrogen and oxygen atoms in total. The van der Waals surface area contributed by atoms with Crippen LogP contribution in [0.4, 0.5) is 5.69 Å². The van der Waals surface area contributed by atoms with Gasteiger partial charge >= 0.3 is 5.97 Å². The molecule has 0 atom stereocenters. The lowest BCUT2D eigenvalue weighted by molar-refractivity contribution is -0.147. The Hall–Kier alpha value is -3.49. The van der Waals surface area contributed by atoms with Crippen LogP contribution in [-0.2, 0) is 14.3 Å². The fourth-order valence-electron chi connectivity index (χ4n) is 3.48. The van der Waals surface area contributed by atoms with Crippen molar-refractivity contribution in [2.45, 2.75) is 37.9 Å². The Kier molecular flexibility index (Phi) is 5.60. The monoisotopic (exact) mass is 414 g/mol. The van der Waals surface area contributed by atoms with Gasteiger partial charge in [-0.05, 0) is 37.1 Å². The molecular formula is C21H22N2O7. The van der Waals surface area contributed by atoms with Crippen molar-refractivity contribution in [2.75, 3.05) is 18.5 Å². The fraction of sp³-hybridized carbons (Fsp3) is 0.381. The Balaban J connectivity index is 1.18. The van der Waals surface area contributed by atoms with Crippen LogP contribution in [0.25, 0.3) is 0 Å². The third-order valence-corrected chi connectivity index (χ3v) is 4.91. The summed E-state index contributed by atoms with van der Waals surface area (Å²) >= 11 is 0. The van der Waals surface area contributed by atoms with Gasteiger partial charge in [-0.2, -0.15) is 0 Å². The molecule has 2 aliphatic rings. The first-order valence-corrected chi connectivity index (χ1v) is 9.82. The Morgan fingerprint density at radius 1 is 1.07 bits per heavy atom. The summed E-state index contributed by atoms with van der Waals surface area (Å²) in [4.78, 5) is 35.5. The number of nitrogens with one attached hydrogen (secondary N) is 2. The minimum absolute atomic E-state index is 0.0637. The molecule has 1 saturated carbocycles.